The number of amides is 1. The number of thiazole rings is 1. The minimum Gasteiger partial charge on any atom is -0.494 e. The first-order valence-corrected chi connectivity index (χ1v) is 12.1. The van der Waals surface area contributed by atoms with Crippen molar-refractivity contribution in [1.29, 1.82) is 0 Å². The number of aromatic nitrogens is 1. The van der Waals surface area contributed by atoms with Crippen LogP contribution >= 0.6 is 11.3 Å². The van der Waals surface area contributed by atoms with Gasteiger partial charge in [0.25, 0.3) is 5.91 Å². The number of hydrogen-bond acceptors (Lipinski definition) is 6. The number of fused-ring (bicyclic) bond motifs is 1. The number of esters is 1. The van der Waals surface area contributed by atoms with Gasteiger partial charge in [0.1, 0.15) is 5.75 Å². The zero-order valence-corrected chi connectivity index (χ0v) is 20.2. The Kier molecular flexibility index (Phi) is 9.21. The molecule has 0 saturated carbocycles. The van der Waals surface area contributed by atoms with E-state index in [0.29, 0.717) is 54.7 Å². The van der Waals surface area contributed by atoms with Gasteiger partial charge in [0, 0.05) is 18.7 Å². The van der Waals surface area contributed by atoms with E-state index in [1.807, 2.05) is 23.6 Å². The molecule has 0 bridgehead atoms. The fourth-order valence-corrected chi connectivity index (χ4v) is 4.31. The highest BCUT2D eigenvalue weighted by molar-refractivity contribution is 7.16. The monoisotopic (exact) mass is 470 g/mol. The third kappa shape index (κ3) is 6.52. The van der Waals surface area contributed by atoms with Gasteiger partial charge in [-0.05, 0) is 56.7 Å². The third-order valence-corrected chi connectivity index (χ3v) is 5.94. The summed E-state index contributed by atoms with van der Waals surface area (Å²) in [5, 5.41) is 0. The Morgan fingerprint density at radius 3 is 2.61 bits per heavy atom. The first-order chi connectivity index (χ1) is 16.1. The van der Waals surface area contributed by atoms with Crippen LogP contribution in [0.5, 0.6) is 5.75 Å². The Morgan fingerprint density at radius 2 is 1.85 bits per heavy atom. The molecule has 0 fully saturated rings. The lowest BCUT2D eigenvalue weighted by molar-refractivity contribution is 0.0526. The lowest BCUT2D eigenvalue weighted by Gasteiger charge is -2.07. The molecule has 0 radical (unpaired) electrons. The number of unbranched alkanes of at least 4 members (excludes halogenated alkanes) is 1. The summed E-state index contributed by atoms with van der Waals surface area (Å²) >= 11 is 1.36. The van der Waals surface area contributed by atoms with Gasteiger partial charge >= 0.3 is 5.97 Å². The van der Waals surface area contributed by atoms with Gasteiger partial charge in [-0.25, -0.2) is 4.79 Å². The van der Waals surface area contributed by atoms with Crippen molar-refractivity contribution in [2.45, 2.75) is 40.2 Å². The Hall–Kier alpha value is -2.97. The second-order valence-electron chi connectivity index (χ2n) is 7.28. The van der Waals surface area contributed by atoms with E-state index in [2.05, 4.69) is 11.9 Å². The van der Waals surface area contributed by atoms with E-state index in [1.54, 1.807) is 37.3 Å². The molecular weight excluding hydrogens is 440 g/mol. The molecule has 0 aliphatic carbocycles. The predicted molar refractivity (Wildman–Crippen MR) is 129 cm³/mol. The highest BCUT2D eigenvalue weighted by atomic mass is 32.1. The molecule has 7 nitrogen and oxygen atoms in total. The first kappa shape index (κ1) is 24.7. The van der Waals surface area contributed by atoms with E-state index < -0.39 is 0 Å². The molecule has 0 saturated heterocycles. The van der Waals surface area contributed by atoms with Crippen LogP contribution in [0.4, 0.5) is 0 Å². The van der Waals surface area contributed by atoms with Gasteiger partial charge in [0.2, 0.25) is 0 Å². The number of ether oxygens (including phenoxy) is 3. The number of nitrogens with zero attached hydrogens (tertiary/aromatic N) is 2. The fourth-order valence-electron chi connectivity index (χ4n) is 3.22. The molecule has 0 unspecified atom stereocenters. The van der Waals surface area contributed by atoms with E-state index >= 15 is 0 Å². The normalized spacial score (nSPS) is 11.7. The maximum Gasteiger partial charge on any atom is 0.338 e. The summed E-state index contributed by atoms with van der Waals surface area (Å²) in [5.41, 5.74) is 1.82. The Bertz CT molecular complexity index is 1170. The summed E-state index contributed by atoms with van der Waals surface area (Å²) in [6, 6.07) is 12.5. The lowest BCUT2D eigenvalue weighted by Crippen LogP contribution is -2.19. The van der Waals surface area contributed by atoms with Crippen molar-refractivity contribution in [3.63, 3.8) is 0 Å². The maximum absolute atomic E-state index is 13.0. The number of carbonyl (C=O) groups excluding carboxylic acids is 2. The topological polar surface area (TPSA) is 79.1 Å². The van der Waals surface area contributed by atoms with Crippen LogP contribution in [0.1, 0.15) is 54.3 Å². The summed E-state index contributed by atoms with van der Waals surface area (Å²) < 4.78 is 19.2. The Morgan fingerprint density at radius 1 is 1.00 bits per heavy atom. The van der Waals surface area contributed by atoms with Crippen LogP contribution in [0.15, 0.2) is 47.5 Å². The van der Waals surface area contributed by atoms with Gasteiger partial charge in [-0.2, -0.15) is 4.99 Å². The molecule has 2 aromatic carbocycles. The summed E-state index contributed by atoms with van der Waals surface area (Å²) in [5.74, 6) is -0.0643. The van der Waals surface area contributed by atoms with Gasteiger partial charge in [-0.15, -0.1) is 0 Å². The average molecular weight is 471 g/mol. The van der Waals surface area contributed by atoms with Crippen LogP contribution in [-0.2, 0) is 16.0 Å². The SMILES string of the molecule is CCCCOc1cccc(C(=O)N=c2sc3cc(C(=O)OCC)ccc3n2CCOCC)c1. The second kappa shape index (κ2) is 12.3. The van der Waals surface area contributed by atoms with Crippen LogP contribution in [-0.4, -0.2) is 42.9 Å². The summed E-state index contributed by atoms with van der Waals surface area (Å²) in [6.07, 6.45) is 2.00. The molecule has 0 N–H and O–H groups in total. The van der Waals surface area contributed by atoms with Crippen molar-refractivity contribution < 1.29 is 23.8 Å². The van der Waals surface area contributed by atoms with Crippen molar-refractivity contribution in [3.05, 3.63) is 58.4 Å². The van der Waals surface area contributed by atoms with Gasteiger partial charge in [0.05, 0.1) is 35.6 Å². The Labute approximate surface area is 197 Å². The second-order valence-corrected chi connectivity index (χ2v) is 8.29. The molecule has 1 heterocycles. The lowest BCUT2D eigenvalue weighted by atomic mass is 10.2. The predicted octanol–water partition coefficient (Wildman–Crippen LogP) is 4.84. The smallest absolute Gasteiger partial charge is 0.338 e. The number of hydrogen-bond donors (Lipinski definition) is 0. The summed E-state index contributed by atoms with van der Waals surface area (Å²) in [6.45, 7) is 8.37. The molecule has 1 aromatic heterocycles. The number of benzene rings is 2. The molecule has 0 spiro atoms. The van der Waals surface area contributed by atoms with Crippen LogP contribution in [0.2, 0.25) is 0 Å². The van der Waals surface area contributed by atoms with Gasteiger partial charge in [-0.1, -0.05) is 30.7 Å². The van der Waals surface area contributed by atoms with Crippen LogP contribution in [0.3, 0.4) is 0 Å². The molecule has 0 aliphatic heterocycles. The van der Waals surface area contributed by atoms with Gasteiger partial charge in [0.15, 0.2) is 4.80 Å². The van der Waals surface area contributed by atoms with E-state index in [0.717, 1.165) is 23.1 Å². The van der Waals surface area contributed by atoms with Crippen LogP contribution in [0.25, 0.3) is 10.2 Å². The number of carbonyl (C=O) groups is 2. The average Bonchev–Trinajstić information content (AvgIpc) is 3.16. The zero-order chi connectivity index (χ0) is 23.6. The molecule has 3 rings (SSSR count). The largest absolute Gasteiger partial charge is 0.494 e. The quantitative estimate of drug-likeness (QED) is 0.296. The first-order valence-electron chi connectivity index (χ1n) is 11.3. The highest BCUT2D eigenvalue weighted by Crippen LogP contribution is 2.21. The standard InChI is InChI=1S/C25H30N2O5S/c1-4-7-14-32-20-10-8-9-18(16-20)23(28)26-25-27(13-15-30-5-2)21-12-11-19(17-22(21)33-25)24(29)31-6-3/h8-12,16-17H,4-7,13-15H2,1-3H3. The molecule has 0 atom stereocenters. The van der Waals surface area contributed by atoms with Crippen molar-refractivity contribution >= 4 is 33.4 Å². The summed E-state index contributed by atoms with van der Waals surface area (Å²) in [7, 11) is 0. The fraction of sp³-hybridized carbons (Fsp3) is 0.400. The van der Waals surface area contributed by atoms with Gasteiger partial charge < -0.3 is 18.8 Å². The number of rotatable bonds is 11. The van der Waals surface area contributed by atoms with Crippen LogP contribution in [0, 0.1) is 0 Å². The van der Waals surface area contributed by atoms with Crippen molar-refractivity contribution in [1.82, 2.24) is 4.57 Å². The molecular formula is C25H30N2O5S. The molecule has 0 aliphatic rings. The zero-order valence-electron chi connectivity index (χ0n) is 19.3. The molecule has 1 amide bonds. The van der Waals surface area contributed by atoms with Crippen molar-refractivity contribution in [2.24, 2.45) is 4.99 Å². The summed E-state index contributed by atoms with van der Waals surface area (Å²) in [4.78, 5) is 30.1. The van der Waals surface area contributed by atoms with E-state index in [4.69, 9.17) is 14.2 Å². The van der Waals surface area contributed by atoms with Crippen LogP contribution < -0.4 is 9.54 Å². The van der Waals surface area contributed by atoms with Gasteiger partial charge in [-0.3, -0.25) is 4.79 Å². The molecule has 33 heavy (non-hydrogen) atoms. The van der Waals surface area contributed by atoms with E-state index in [-0.39, 0.29) is 11.9 Å². The third-order valence-electron chi connectivity index (χ3n) is 4.90. The minimum absolute atomic E-state index is 0.311. The van der Waals surface area contributed by atoms with Crippen molar-refractivity contribution in [2.75, 3.05) is 26.4 Å². The highest BCUT2D eigenvalue weighted by Gasteiger charge is 2.13. The van der Waals surface area contributed by atoms with E-state index in [1.165, 1.54) is 11.3 Å². The maximum atomic E-state index is 13.0. The molecule has 176 valence electrons. The van der Waals surface area contributed by atoms with Crippen molar-refractivity contribution in [3.8, 4) is 5.75 Å². The van der Waals surface area contributed by atoms with E-state index in [9.17, 15) is 9.59 Å². The molecule has 8 heteroatoms. The minimum atomic E-state index is -0.372. The molecule has 3 aromatic rings. The Balaban J connectivity index is 1.97.